The minimum Gasteiger partial charge on any atom is -0.394 e. The molecule has 1 heterocycles. The zero-order valence-corrected chi connectivity index (χ0v) is 10.7. The zero-order valence-electron chi connectivity index (χ0n) is 10.7. The van der Waals surface area contributed by atoms with Crippen LogP contribution in [-0.2, 0) is 0 Å². The molecule has 1 saturated heterocycles. The Hall–Kier alpha value is -0.120. The van der Waals surface area contributed by atoms with Gasteiger partial charge in [-0.15, -0.1) is 0 Å². The molecular weight excluding hydrogens is 200 g/mol. The van der Waals surface area contributed by atoms with Crippen LogP contribution in [0.3, 0.4) is 0 Å². The van der Waals surface area contributed by atoms with E-state index >= 15 is 0 Å². The molecule has 3 heteroatoms. The predicted molar refractivity (Wildman–Crippen MR) is 66.4 cm³/mol. The third kappa shape index (κ3) is 2.27. The Kier molecular flexibility index (Phi) is 3.88. The van der Waals surface area contributed by atoms with Crippen LogP contribution in [-0.4, -0.2) is 48.3 Å². The molecule has 0 aromatic rings. The van der Waals surface area contributed by atoms with E-state index in [4.69, 9.17) is 0 Å². The minimum absolute atomic E-state index is 0.126. The number of hydrogen-bond acceptors (Lipinski definition) is 3. The molecule has 0 unspecified atom stereocenters. The lowest BCUT2D eigenvalue weighted by Crippen LogP contribution is -2.61. The highest BCUT2D eigenvalue weighted by atomic mass is 16.3. The Morgan fingerprint density at radius 2 is 2.06 bits per heavy atom. The predicted octanol–water partition coefficient (Wildman–Crippen LogP) is 1.08. The van der Waals surface area contributed by atoms with Crippen LogP contribution in [0, 0.1) is 11.8 Å². The third-order valence-electron chi connectivity index (χ3n) is 4.53. The fraction of sp³-hybridized carbons (Fsp3) is 1.00. The smallest absolute Gasteiger partial charge is 0.0615 e. The van der Waals surface area contributed by atoms with Gasteiger partial charge in [-0.2, -0.15) is 0 Å². The summed E-state index contributed by atoms with van der Waals surface area (Å²) in [4.78, 5) is 2.53. The van der Waals surface area contributed by atoms with E-state index in [0.717, 1.165) is 38.0 Å². The maximum atomic E-state index is 9.72. The summed E-state index contributed by atoms with van der Waals surface area (Å²) in [6, 6.07) is 0. The summed E-state index contributed by atoms with van der Waals surface area (Å²) in [7, 11) is 0. The molecule has 0 aromatic heterocycles. The first-order chi connectivity index (χ1) is 7.68. The summed E-state index contributed by atoms with van der Waals surface area (Å²) in [6.07, 6.45) is 3.61. The van der Waals surface area contributed by atoms with E-state index in [2.05, 4.69) is 24.1 Å². The summed E-state index contributed by atoms with van der Waals surface area (Å²) in [5.41, 5.74) is 0.126. The van der Waals surface area contributed by atoms with Gasteiger partial charge in [-0.25, -0.2) is 0 Å². The summed E-state index contributed by atoms with van der Waals surface area (Å²) in [5, 5.41) is 13.2. The molecule has 16 heavy (non-hydrogen) atoms. The number of nitrogens with zero attached hydrogens (tertiary/aromatic N) is 1. The SMILES string of the molecule is CC(C)C1CC(CO)(N2CCCNCC2)C1. The standard InChI is InChI=1S/C13H26N2O/c1-11(2)12-8-13(9-12,10-16)15-6-3-4-14-5-7-15/h11-12,14,16H,3-10H2,1-2H3. The summed E-state index contributed by atoms with van der Waals surface area (Å²) in [5.74, 6) is 1.59. The van der Waals surface area contributed by atoms with E-state index in [1.165, 1.54) is 19.3 Å². The number of aliphatic hydroxyl groups excluding tert-OH is 1. The molecule has 2 fully saturated rings. The first-order valence-corrected chi connectivity index (χ1v) is 6.74. The highest BCUT2D eigenvalue weighted by Gasteiger charge is 2.48. The third-order valence-corrected chi connectivity index (χ3v) is 4.53. The molecule has 94 valence electrons. The minimum atomic E-state index is 0.126. The molecule has 2 aliphatic rings. The fourth-order valence-electron chi connectivity index (χ4n) is 3.20. The van der Waals surface area contributed by atoms with Crippen molar-refractivity contribution in [1.82, 2.24) is 10.2 Å². The van der Waals surface area contributed by atoms with E-state index in [1.807, 2.05) is 0 Å². The molecule has 0 radical (unpaired) electrons. The second kappa shape index (κ2) is 5.03. The van der Waals surface area contributed by atoms with Crippen molar-refractivity contribution in [2.75, 3.05) is 32.8 Å². The van der Waals surface area contributed by atoms with Gasteiger partial charge in [0.25, 0.3) is 0 Å². The molecule has 2 N–H and O–H groups in total. The van der Waals surface area contributed by atoms with Gasteiger partial charge in [-0.1, -0.05) is 13.8 Å². The molecule has 2 rings (SSSR count). The van der Waals surface area contributed by atoms with E-state index in [0.29, 0.717) is 6.61 Å². The molecular formula is C13H26N2O. The fourth-order valence-corrected chi connectivity index (χ4v) is 3.20. The van der Waals surface area contributed by atoms with Crippen LogP contribution in [0.25, 0.3) is 0 Å². The first kappa shape index (κ1) is 12.3. The van der Waals surface area contributed by atoms with E-state index in [1.54, 1.807) is 0 Å². The van der Waals surface area contributed by atoms with Gasteiger partial charge in [0.05, 0.1) is 6.61 Å². The van der Waals surface area contributed by atoms with Crippen molar-refractivity contribution in [3.63, 3.8) is 0 Å². The average Bonchev–Trinajstić information content (AvgIpc) is 2.45. The van der Waals surface area contributed by atoms with Gasteiger partial charge in [0.15, 0.2) is 0 Å². The van der Waals surface area contributed by atoms with Gasteiger partial charge >= 0.3 is 0 Å². The lowest BCUT2D eigenvalue weighted by molar-refractivity contribution is -0.0726. The second-order valence-corrected chi connectivity index (χ2v) is 5.89. The number of rotatable bonds is 3. The van der Waals surface area contributed by atoms with Crippen molar-refractivity contribution in [3.8, 4) is 0 Å². The lowest BCUT2D eigenvalue weighted by atomic mass is 9.63. The molecule has 0 bridgehead atoms. The van der Waals surface area contributed by atoms with Crippen molar-refractivity contribution in [3.05, 3.63) is 0 Å². The molecule has 0 amide bonds. The van der Waals surface area contributed by atoms with Crippen LogP contribution < -0.4 is 5.32 Å². The highest BCUT2D eigenvalue weighted by Crippen LogP contribution is 2.45. The van der Waals surface area contributed by atoms with E-state index in [9.17, 15) is 5.11 Å². The van der Waals surface area contributed by atoms with Crippen LogP contribution in [0.15, 0.2) is 0 Å². The van der Waals surface area contributed by atoms with Crippen molar-refractivity contribution >= 4 is 0 Å². The Morgan fingerprint density at radius 3 is 2.69 bits per heavy atom. The van der Waals surface area contributed by atoms with Gasteiger partial charge in [-0.3, -0.25) is 4.90 Å². The molecule has 1 saturated carbocycles. The lowest BCUT2D eigenvalue weighted by Gasteiger charge is -2.54. The van der Waals surface area contributed by atoms with Gasteiger partial charge < -0.3 is 10.4 Å². The normalized spacial score (nSPS) is 37.1. The van der Waals surface area contributed by atoms with Crippen LogP contribution in [0.2, 0.25) is 0 Å². The molecule has 1 aliphatic carbocycles. The van der Waals surface area contributed by atoms with Crippen LogP contribution in [0.1, 0.15) is 33.1 Å². The monoisotopic (exact) mass is 226 g/mol. The van der Waals surface area contributed by atoms with Crippen molar-refractivity contribution in [2.45, 2.75) is 38.6 Å². The van der Waals surface area contributed by atoms with E-state index in [-0.39, 0.29) is 5.54 Å². The Labute approximate surface area is 99.2 Å². The van der Waals surface area contributed by atoms with Crippen LogP contribution in [0.4, 0.5) is 0 Å². The van der Waals surface area contributed by atoms with Gasteiger partial charge in [0.1, 0.15) is 0 Å². The molecule has 0 atom stereocenters. The number of aliphatic hydroxyl groups is 1. The van der Waals surface area contributed by atoms with E-state index < -0.39 is 0 Å². The Balaban J connectivity index is 1.94. The summed E-state index contributed by atoms with van der Waals surface area (Å²) in [6.45, 7) is 9.41. The molecule has 1 aliphatic heterocycles. The Morgan fingerprint density at radius 1 is 1.31 bits per heavy atom. The van der Waals surface area contributed by atoms with Crippen LogP contribution in [0.5, 0.6) is 0 Å². The van der Waals surface area contributed by atoms with Crippen molar-refractivity contribution in [1.29, 1.82) is 0 Å². The molecule has 3 nitrogen and oxygen atoms in total. The maximum Gasteiger partial charge on any atom is 0.0615 e. The molecule has 0 spiro atoms. The summed E-state index contributed by atoms with van der Waals surface area (Å²) < 4.78 is 0. The molecule has 0 aromatic carbocycles. The van der Waals surface area contributed by atoms with Gasteiger partial charge in [-0.05, 0) is 37.6 Å². The zero-order chi connectivity index (χ0) is 11.6. The van der Waals surface area contributed by atoms with Gasteiger partial charge in [0, 0.05) is 25.2 Å². The average molecular weight is 226 g/mol. The summed E-state index contributed by atoms with van der Waals surface area (Å²) >= 11 is 0. The highest BCUT2D eigenvalue weighted by molar-refractivity contribution is 5.03. The quantitative estimate of drug-likeness (QED) is 0.756. The second-order valence-electron chi connectivity index (χ2n) is 5.89. The first-order valence-electron chi connectivity index (χ1n) is 6.74. The van der Waals surface area contributed by atoms with Crippen LogP contribution >= 0.6 is 0 Å². The van der Waals surface area contributed by atoms with Gasteiger partial charge in [0.2, 0.25) is 0 Å². The van der Waals surface area contributed by atoms with Crippen molar-refractivity contribution < 1.29 is 5.11 Å². The largest absolute Gasteiger partial charge is 0.394 e. The number of nitrogens with one attached hydrogen (secondary N) is 1. The number of hydrogen-bond donors (Lipinski definition) is 2. The maximum absolute atomic E-state index is 9.72. The Bertz CT molecular complexity index is 216. The topological polar surface area (TPSA) is 35.5 Å². The van der Waals surface area contributed by atoms with Crippen molar-refractivity contribution in [2.24, 2.45) is 11.8 Å².